The molecule has 0 unspecified atom stereocenters. The van der Waals surface area contributed by atoms with Crippen molar-refractivity contribution in [3.8, 4) is 6.07 Å². The predicted molar refractivity (Wildman–Crippen MR) is 64.6 cm³/mol. The quantitative estimate of drug-likeness (QED) is 0.598. The molecule has 0 aliphatic heterocycles. The summed E-state index contributed by atoms with van der Waals surface area (Å²) < 4.78 is 9.63. The van der Waals surface area contributed by atoms with Gasteiger partial charge in [0.25, 0.3) is 0 Å². The number of esters is 1. The minimum Gasteiger partial charge on any atom is -0.467 e. The summed E-state index contributed by atoms with van der Waals surface area (Å²) in [5, 5.41) is 10.9. The van der Waals surface area contributed by atoms with Crippen molar-refractivity contribution in [3.63, 3.8) is 0 Å². The Morgan fingerprint density at radius 3 is 2.44 bits per heavy atom. The molecular weight excluding hydrogens is 236 g/mol. The number of ether oxygens (including phenoxy) is 2. The smallest absolute Gasteiger partial charge is 0.408 e. The van der Waals surface area contributed by atoms with Crippen LogP contribution in [0.25, 0.3) is 0 Å². The molecule has 0 fully saturated rings. The number of hydrogen-bond donors (Lipinski definition) is 1. The molecule has 1 amide bonds. The zero-order valence-corrected chi connectivity index (χ0v) is 11.3. The predicted octanol–water partition coefficient (Wildman–Crippen LogP) is 1.75. The van der Waals surface area contributed by atoms with Crippen LogP contribution >= 0.6 is 0 Å². The second kappa shape index (κ2) is 7.54. The van der Waals surface area contributed by atoms with Crippen molar-refractivity contribution in [2.75, 3.05) is 7.11 Å². The molecule has 102 valence electrons. The molecule has 18 heavy (non-hydrogen) atoms. The van der Waals surface area contributed by atoms with E-state index in [9.17, 15) is 9.59 Å². The van der Waals surface area contributed by atoms with Crippen molar-refractivity contribution < 1.29 is 19.1 Å². The van der Waals surface area contributed by atoms with E-state index in [-0.39, 0.29) is 0 Å². The molecule has 0 aliphatic carbocycles. The first-order valence-corrected chi connectivity index (χ1v) is 5.74. The molecule has 0 aliphatic rings. The number of nitriles is 1. The Bertz CT molecular complexity index is 328. The highest BCUT2D eigenvalue weighted by atomic mass is 16.6. The van der Waals surface area contributed by atoms with E-state index >= 15 is 0 Å². The normalized spacial score (nSPS) is 12.2. The molecule has 0 bridgehead atoms. The van der Waals surface area contributed by atoms with Crippen LogP contribution in [0.3, 0.4) is 0 Å². The van der Waals surface area contributed by atoms with E-state index in [2.05, 4.69) is 10.1 Å². The van der Waals surface area contributed by atoms with Gasteiger partial charge in [-0.05, 0) is 33.6 Å². The first kappa shape index (κ1) is 16.2. The van der Waals surface area contributed by atoms with Crippen LogP contribution in [0.4, 0.5) is 4.79 Å². The zero-order valence-electron chi connectivity index (χ0n) is 11.3. The van der Waals surface area contributed by atoms with E-state index in [4.69, 9.17) is 10.00 Å². The minimum atomic E-state index is -0.779. The lowest BCUT2D eigenvalue weighted by Crippen LogP contribution is -2.44. The number of carbonyl (C=O) groups is 2. The average molecular weight is 256 g/mol. The maximum Gasteiger partial charge on any atom is 0.408 e. The highest BCUT2D eigenvalue weighted by molar-refractivity contribution is 5.81. The van der Waals surface area contributed by atoms with Crippen molar-refractivity contribution in [1.82, 2.24) is 5.32 Å². The number of nitrogens with one attached hydrogen (secondary N) is 1. The fourth-order valence-corrected chi connectivity index (χ4v) is 1.23. The van der Waals surface area contributed by atoms with Gasteiger partial charge in [-0.25, -0.2) is 9.59 Å². The summed E-state index contributed by atoms with van der Waals surface area (Å²) in [7, 11) is 1.25. The largest absolute Gasteiger partial charge is 0.467 e. The van der Waals surface area contributed by atoms with Crippen LogP contribution in [0, 0.1) is 11.3 Å². The Morgan fingerprint density at radius 1 is 1.39 bits per heavy atom. The summed E-state index contributed by atoms with van der Waals surface area (Å²) in [5.74, 6) is -0.543. The maximum absolute atomic E-state index is 11.5. The molecule has 6 nitrogen and oxygen atoms in total. The average Bonchev–Trinajstić information content (AvgIpc) is 2.24. The Kier molecular flexibility index (Phi) is 6.79. The Morgan fingerprint density at radius 2 is 2.00 bits per heavy atom. The van der Waals surface area contributed by atoms with Gasteiger partial charge in [-0.15, -0.1) is 0 Å². The summed E-state index contributed by atoms with van der Waals surface area (Å²) in [6.45, 7) is 5.19. The van der Waals surface area contributed by atoms with Gasteiger partial charge in [0.15, 0.2) is 0 Å². The van der Waals surface area contributed by atoms with Crippen molar-refractivity contribution in [1.29, 1.82) is 5.26 Å². The monoisotopic (exact) mass is 256 g/mol. The van der Waals surface area contributed by atoms with Gasteiger partial charge >= 0.3 is 12.1 Å². The van der Waals surface area contributed by atoms with E-state index in [1.54, 1.807) is 20.8 Å². The van der Waals surface area contributed by atoms with E-state index < -0.39 is 23.7 Å². The lowest BCUT2D eigenvalue weighted by molar-refractivity contribution is -0.143. The van der Waals surface area contributed by atoms with Crippen LogP contribution < -0.4 is 5.32 Å². The summed E-state index contributed by atoms with van der Waals surface area (Å²) in [4.78, 5) is 22.9. The zero-order chi connectivity index (χ0) is 14.2. The minimum absolute atomic E-state index is 0.323. The molecule has 1 atom stereocenters. The topological polar surface area (TPSA) is 88.4 Å². The third-order valence-corrected chi connectivity index (χ3v) is 1.96. The van der Waals surface area contributed by atoms with Gasteiger partial charge in [-0.2, -0.15) is 5.26 Å². The van der Waals surface area contributed by atoms with Crippen LogP contribution in [-0.4, -0.2) is 30.8 Å². The summed E-state index contributed by atoms with van der Waals surface area (Å²) >= 11 is 0. The highest BCUT2D eigenvalue weighted by Crippen LogP contribution is 2.08. The number of carbonyl (C=O) groups excluding carboxylic acids is 2. The van der Waals surface area contributed by atoms with Crippen molar-refractivity contribution >= 4 is 12.1 Å². The van der Waals surface area contributed by atoms with Crippen molar-refractivity contribution in [3.05, 3.63) is 0 Å². The lowest BCUT2D eigenvalue weighted by atomic mass is 10.1. The van der Waals surface area contributed by atoms with Crippen LogP contribution in [0.15, 0.2) is 0 Å². The Hall–Kier alpha value is -1.77. The lowest BCUT2D eigenvalue weighted by Gasteiger charge is -2.22. The van der Waals surface area contributed by atoms with Crippen LogP contribution in [0.2, 0.25) is 0 Å². The van der Waals surface area contributed by atoms with E-state index in [1.165, 1.54) is 7.11 Å². The fourth-order valence-electron chi connectivity index (χ4n) is 1.23. The molecule has 0 saturated heterocycles. The number of nitrogens with zero attached hydrogens (tertiary/aromatic N) is 1. The van der Waals surface area contributed by atoms with Crippen molar-refractivity contribution in [2.24, 2.45) is 0 Å². The van der Waals surface area contributed by atoms with Gasteiger partial charge in [0, 0.05) is 6.42 Å². The van der Waals surface area contributed by atoms with Gasteiger partial charge in [-0.1, -0.05) is 0 Å². The highest BCUT2D eigenvalue weighted by Gasteiger charge is 2.24. The molecule has 0 saturated carbocycles. The fraction of sp³-hybridized carbons (Fsp3) is 0.750. The van der Waals surface area contributed by atoms with Crippen LogP contribution in [-0.2, 0) is 14.3 Å². The van der Waals surface area contributed by atoms with E-state index in [0.717, 1.165) is 0 Å². The van der Waals surface area contributed by atoms with Crippen LogP contribution in [0.5, 0.6) is 0 Å². The van der Waals surface area contributed by atoms with E-state index in [0.29, 0.717) is 19.3 Å². The summed E-state index contributed by atoms with van der Waals surface area (Å²) in [6.07, 6.45) is 0.504. The SMILES string of the molecule is COC(=O)[C@H](CCCC#N)NC(=O)OC(C)(C)C. The number of unbranched alkanes of at least 4 members (excludes halogenated alkanes) is 1. The molecule has 0 radical (unpaired) electrons. The first-order chi connectivity index (χ1) is 8.30. The molecule has 1 N–H and O–H groups in total. The number of alkyl carbamates (subject to hydrolysis) is 1. The van der Waals surface area contributed by atoms with E-state index in [1.807, 2.05) is 6.07 Å². The molecule has 0 aromatic carbocycles. The molecule has 0 aromatic heterocycles. The Labute approximate surface area is 107 Å². The number of hydrogen-bond acceptors (Lipinski definition) is 5. The molecule has 0 rings (SSSR count). The van der Waals surface area contributed by atoms with Gasteiger partial charge in [-0.3, -0.25) is 0 Å². The molecular formula is C12H20N2O4. The van der Waals surface area contributed by atoms with Crippen LogP contribution in [0.1, 0.15) is 40.0 Å². The van der Waals surface area contributed by atoms with Gasteiger partial charge < -0.3 is 14.8 Å². The summed E-state index contributed by atoms with van der Waals surface area (Å²) in [6, 6.07) is 1.20. The van der Waals surface area contributed by atoms with Gasteiger partial charge in [0.05, 0.1) is 13.2 Å². The second-order valence-electron chi connectivity index (χ2n) is 4.77. The van der Waals surface area contributed by atoms with Gasteiger partial charge in [0.2, 0.25) is 0 Å². The molecule has 6 heteroatoms. The number of amides is 1. The number of methoxy groups -OCH3 is 1. The maximum atomic E-state index is 11.5. The molecule has 0 heterocycles. The first-order valence-electron chi connectivity index (χ1n) is 5.74. The Balaban J connectivity index is 4.36. The third-order valence-electron chi connectivity index (χ3n) is 1.96. The standard InChI is InChI=1S/C12H20N2O4/c1-12(2,3)18-11(16)14-9(10(15)17-4)7-5-6-8-13/h9H,5-7H2,1-4H3,(H,14,16)/t9-/m0/s1. The summed E-state index contributed by atoms with van der Waals surface area (Å²) in [5.41, 5.74) is -0.628. The molecule has 0 aromatic rings. The third kappa shape index (κ3) is 7.49. The second-order valence-corrected chi connectivity index (χ2v) is 4.77. The molecule has 0 spiro atoms. The van der Waals surface area contributed by atoms with Crippen molar-refractivity contribution in [2.45, 2.75) is 51.7 Å². The van der Waals surface area contributed by atoms with Gasteiger partial charge in [0.1, 0.15) is 11.6 Å². The number of rotatable bonds is 5.